The molecule has 0 spiro atoms. The molecular formula is C6H12N2OS. The van der Waals surface area contributed by atoms with Crippen molar-refractivity contribution in [3.8, 4) is 0 Å². The quantitative estimate of drug-likeness (QED) is 0.537. The van der Waals surface area contributed by atoms with Crippen LogP contribution in [0.1, 0.15) is 13.3 Å². The predicted molar refractivity (Wildman–Crippen MR) is 43.7 cm³/mol. The van der Waals surface area contributed by atoms with Gasteiger partial charge in [-0.25, -0.2) is 0 Å². The fourth-order valence-electron chi connectivity index (χ4n) is 1.01. The molecule has 0 amide bonds. The van der Waals surface area contributed by atoms with Crippen LogP contribution >= 0.6 is 12.2 Å². The van der Waals surface area contributed by atoms with E-state index in [4.69, 9.17) is 17.0 Å². The maximum absolute atomic E-state index is 5.09. The molecule has 0 aliphatic carbocycles. The number of ether oxygens (including phenoxy) is 1. The van der Waals surface area contributed by atoms with E-state index in [1.807, 2.05) is 0 Å². The van der Waals surface area contributed by atoms with E-state index in [2.05, 4.69) is 17.6 Å². The van der Waals surface area contributed by atoms with Crippen LogP contribution in [-0.2, 0) is 4.74 Å². The predicted octanol–water partition coefficient (Wildman–Crippen LogP) is 0.215. The number of hydrogen-bond acceptors (Lipinski definition) is 2. The first-order valence-electron chi connectivity index (χ1n) is 3.32. The van der Waals surface area contributed by atoms with Gasteiger partial charge in [-0.1, -0.05) is 0 Å². The molecule has 0 unspecified atom stereocenters. The smallest absolute Gasteiger partial charge is 0.168 e. The van der Waals surface area contributed by atoms with Gasteiger partial charge in [-0.2, -0.15) is 0 Å². The standard InChI is InChI=1S/C6H12N2OS/c1-4-3-5(9-2)8-6(10)7-4/h4-5H,3H2,1-2H3,(H2,7,8,10)/t4-,5-/m1/s1. The van der Waals surface area contributed by atoms with Crippen molar-refractivity contribution in [2.75, 3.05) is 7.11 Å². The van der Waals surface area contributed by atoms with Gasteiger partial charge in [0.1, 0.15) is 6.23 Å². The molecule has 1 saturated heterocycles. The van der Waals surface area contributed by atoms with Crippen LogP contribution in [0.4, 0.5) is 0 Å². The van der Waals surface area contributed by atoms with Crippen LogP contribution in [0.5, 0.6) is 0 Å². The number of hydrogen-bond donors (Lipinski definition) is 2. The van der Waals surface area contributed by atoms with Crippen molar-refractivity contribution in [2.45, 2.75) is 25.6 Å². The van der Waals surface area contributed by atoms with E-state index >= 15 is 0 Å². The average molecular weight is 160 g/mol. The molecule has 2 atom stereocenters. The second kappa shape index (κ2) is 3.16. The highest BCUT2D eigenvalue weighted by Crippen LogP contribution is 2.03. The fraction of sp³-hybridized carbons (Fsp3) is 0.833. The molecule has 3 nitrogen and oxygen atoms in total. The van der Waals surface area contributed by atoms with Crippen molar-refractivity contribution < 1.29 is 4.74 Å². The minimum atomic E-state index is 0.0868. The van der Waals surface area contributed by atoms with Gasteiger partial charge in [-0.05, 0) is 19.1 Å². The van der Waals surface area contributed by atoms with E-state index in [9.17, 15) is 0 Å². The van der Waals surface area contributed by atoms with E-state index in [-0.39, 0.29) is 6.23 Å². The van der Waals surface area contributed by atoms with Gasteiger partial charge in [0.15, 0.2) is 5.11 Å². The normalized spacial score (nSPS) is 32.8. The highest BCUT2D eigenvalue weighted by atomic mass is 32.1. The topological polar surface area (TPSA) is 33.3 Å². The Morgan fingerprint density at radius 2 is 2.30 bits per heavy atom. The molecule has 0 radical (unpaired) electrons. The summed E-state index contributed by atoms with van der Waals surface area (Å²) in [6.07, 6.45) is 1.04. The van der Waals surface area contributed by atoms with Crippen molar-refractivity contribution in [1.29, 1.82) is 0 Å². The Hall–Kier alpha value is -0.350. The van der Waals surface area contributed by atoms with Crippen LogP contribution in [0.3, 0.4) is 0 Å². The number of nitrogens with one attached hydrogen (secondary N) is 2. The maximum Gasteiger partial charge on any atom is 0.168 e. The Morgan fingerprint density at radius 1 is 1.60 bits per heavy atom. The molecule has 1 aliphatic heterocycles. The zero-order valence-corrected chi connectivity index (χ0v) is 6.99. The Labute approximate surface area is 66.1 Å². The number of rotatable bonds is 1. The summed E-state index contributed by atoms with van der Waals surface area (Å²) in [5, 5.41) is 6.76. The van der Waals surface area contributed by atoms with Crippen LogP contribution < -0.4 is 10.6 Å². The molecule has 0 aromatic heterocycles. The molecule has 0 aromatic rings. The first-order valence-corrected chi connectivity index (χ1v) is 3.73. The van der Waals surface area contributed by atoms with E-state index < -0.39 is 0 Å². The molecule has 0 bridgehead atoms. The number of thiocarbonyl (C=S) groups is 1. The van der Waals surface area contributed by atoms with Gasteiger partial charge in [0, 0.05) is 19.6 Å². The van der Waals surface area contributed by atoms with Gasteiger partial charge in [0.05, 0.1) is 0 Å². The average Bonchev–Trinajstić information content (AvgIpc) is 1.85. The first kappa shape index (κ1) is 7.75. The van der Waals surface area contributed by atoms with Gasteiger partial charge in [-0.3, -0.25) is 0 Å². The van der Waals surface area contributed by atoms with E-state index in [1.165, 1.54) is 0 Å². The summed E-state index contributed by atoms with van der Waals surface area (Å²) in [6.45, 7) is 2.08. The van der Waals surface area contributed by atoms with Crippen molar-refractivity contribution >= 4 is 17.3 Å². The van der Waals surface area contributed by atoms with Gasteiger partial charge in [-0.15, -0.1) is 0 Å². The van der Waals surface area contributed by atoms with E-state index in [0.717, 1.165) is 6.42 Å². The molecule has 58 valence electrons. The Morgan fingerprint density at radius 3 is 2.80 bits per heavy atom. The van der Waals surface area contributed by atoms with Crippen molar-refractivity contribution in [2.24, 2.45) is 0 Å². The van der Waals surface area contributed by atoms with Crippen LogP contribution in [0.25, 0.3) is 0 Å². The Kier molecular flexibility index (Phi) is 2.45. The van der Waals surface area contributed by atoms with Crippen molar-refractivity contribution in [1.82, 2.24) is 10.6 Å². The molecule has 2 N–H and O–H groups in total. The third-order valence-electron chi connectivity index (χ3n) is 1.52. The minimum absolute atomic E-state index is 0.0868. The lowest BCUT2D eigenvalue weighted by Gasteiger charge is -2.29. The third-order valence-corrected chi connectivity index (χ3v) is 1.76. The molecule has 1 aliphatic rings. The molecule has 0 saturated carbocycles. The molecular weight excluding hydrogens is 148 g/mol. The fourth-order valence-corrected chi connectivity index (χ4v) is 1.34. The lowest BCUT2D eigenvalue weighted by molar-refractivity contribution is 0.0691. The highest BCUT2D eigenvalue weighted by Gasteiger charge is 2.19. The van der Waals surface area contributed by atoms with E-state index in [1.54, 1.807) is 7.11 Å². The summed E-state index contributed by atoms with van der Waals surface area (Å²) in [5.74, 6) is 0. The molecule has 1 rings (SSSR count). The summed E-state index contributed by atoms with van der Waals surface area (Å²) in [4.78, 5) is 0. The first-order chi connectivity index (χ1) is 4.72. The molecule has 0 aromatic carbocycles. The second-order valence-corrected chi connectivity index (χ2v) is 2.89. The summed E-state index contributed by atoms with van der Waals surface area (Å²) >= 11 is 4.92. The summed E-state index contributed by atoms with van der Waals surface area (Å²) < 4.78 is 5.09. The zero-order valence-electron chi connectivity index (χ0n) is 6.18. The van der Waals surface area contributed by atoms with Gasteiger partial charge < -0.3 is 15.4 Å². The molecule has 10 heavy (non-hydrogen) atoms. The Bertz CT molecular complexity index is 140. The molecule has 1 fully saturated rings. The van der Waals surface area contributed by atoms with Gasteiger partial charge >= 0.3 is 0 Å². The lowest BCUT2D eigenvalue weighted by atomic mass is 10.2. The summed E-state index contributed by atoms with van der Waals surface area (Å²) in [7, 11) is 1.68. The van der Waals surface area contributed by atoms with Crippen LogP contribution in [0.15, 0.2) is 0 Å². The van der Waals surface area contributed by atoms with Crippen LogP contribution in [0, 0.1) is 0 Å². The minimum Gasteiger partial charge on any atom is -0.362 e. The molecule has 4 heteroatoms. The number of methoxy groups -OCH3 is 1. The van der Waals surface area contributed by atoms with Crippen molar-refractivity contribution in [3.05, 3.63) is 0 Å². The monoisotopic (exact) mass is 160 g/mol. The lowest BCUT2D eigenvalue weighted by Crippen LogP contribution is -2.53. The summed E-state index contributed by atoms with van der Waals surface area (Å²) in [6, 6.07) is 0.415. The zero-order chi connectivity index (χ0) is 7.56. The highest BCUT2D eigenvalue weighted by molar-refractivity contribution is 7.80. The van der Waals surface area contributed by atoms with E-state index in [0.29, 0.717) is 11.2 Å². The SMILES string of the molecule is CO[C@@H]1C[C@@H](C)NC(=S)N1. The van der Waals surface area contributed by atoms with Crippen LogP contribution in [0.2, 0.25) is 0 Å². The second-order valence-electron chi connectivity index (χ2n) is 2.48. The van der Waals surface area contributed by atoms with Crippen LogP contribution in [-0.4, -0.2) is 24.5 Å². The largest absolute Gasteiger partial charge is 0.362 e. The van der Waals surface area contributed by atoms with Crippen molar-refractivity contribution in [3.63, 3.8) is 0 Å². The molecule has 1 heterocycles. The van der Waals surface area contributed by atoms with Gasteiger partial charge in [0.25, 0.3) is 0 Å². The summed E-state index contributed by atoms with van der Waals surface area (Å²) in [5.41, 5.74) is 0. The third kappa shape index (κ3) is 1.82. The maximum atomic E-state index is 5.09. The Balaban J connectivity index is 2.42. The van der Waals surface area contributed by atoms with Gasteiger partial charge in [0.2, 0.25) is 0 Å².